The molecule has 2 fully saturated rings. The molecule has 3 N–H and O–H groups in total. The van der Waals surface area contributed by atoms with Crippen LogP contribution in [0.5, 0.6) is 0 Å². The maximum atomic E-state index is 13.6. The van der Waals surface area contributed by atoms with Crippen molar-refractivity contribution in [2.24, 2.45) is 0 Å². The number of hydrogen-bond acceptors (Lipinski definition) is 10. The third-order valence-electron chi connectivity index (χ3n) is 9.52. The molecule has 2 saturated heterocycles. The van der Waals surface area contributed by atoms with E-state index in [1.165, 1.54) is 0 Å². The number of anilines is 3. The molecule has 0 bridgehead atoms. The quantitative estimate of drug-likeness (QED) is 0.205. The number of imide groups is 2. The van der Waals surface area contributed by atoms with Crippen LogP contribution in [0.3, 0.4) is 0 Å². The van der Waals surface area contributed by atoms with E-state index in [-0.39, 0.29) is 29.9 Å². The highest BCUT2D eigenvalue weighted by atomic mass is 16.2. The SMILES string of the molecule is CCCn1cc(-c2nc(Nc3ccc(C(=O)N4CCN(c5cccc6c5C(=O)N(C5CCC(=O)NC5=O)C6=O)CC4)cc3)nc3[nH]ccc23)cn1. The first-order valence-electron chi connectivity index (χ1n) is 16.9. The fraction of sp³-hybridized carbons (Fsp3) is 0.278. The maximum Gasteiger partial charge on any atom is 0.264 e. The summed E-state index contributed by atoms with van der Waals surface area (Å²) in [5.41, 5.74) is 4.66. The van der Waals surface area contributed by atoms with Gasteiger partial charge in [0.2, 0.25) is 17.8 Å². The normalized spacial score (nSPS) is 17.7. The van der Waals surface area contributed by atoms with Gasteiger partial charge in [0, 0.05) is 73.7 Å². The molecule has 5 aromatic rings. The van der Waals surface area contributed by atoms with Gasteiger partial charge in [-0.3, -0.25) is 38.9 Å². The first kappa shape index (κ1) is 31.9. The number of aromatic amines is 1. The number of carbonyl (C=O) groups excluding carboxylic acids is 5. The number of nitrogens with one attached hydrogen (secondary N) is 3. The fourth-order valence-electron chi connectivity index (χ4n) is 6.97. The number of H-pyrrole nitrogens is 1. The Morgan fingerprint density at radius 2 is 1.76 bits per heavy atom. The van der Waals surface area contributed by atoms with E-state index in [4.69, 9.17) is 4.98 Å². The van der Waals surface area contributed by atoms with Crippen molar-refractivity contribution in [1.29, 1.82) is 0 Å². The summed E-state index contributed by atoms with van der Waals surface area (Å²) in [5, 5.41) is 10.8. The number of piperidine rings is 1. The van der Waals surface area contributed by atoms with Gasteiger partial charge < -0.3 is 20.1 Å². The van der Waals surface area contributed by atoms with Gasteiger partial charge in [-0.05, 0) is 55.3 Å². The van der Waals surface area contributed by atoms with Crippen LogP contribution >= 0.6 is 0 Å². The lowest BCUT2D eigenvalue weighted by molar-refractivity contribution is -0.136. The summed E-state index contributed by atoms with van der Waals surface area (Å²) in [6, 6.07) is 13.1. The van der Waals surface area contributed by atoms with Crippen LogP contribution in [0.15, 0.2) is 67.1 Å². The molecular formula is C36H34N10O5. The molecule has 15 nitrogen and oxygen atoms in total. The Morgan fingerprint density at radius 3 is 2.53 bits per heavy atom. The number of benzene rings is 2. The van der Waals surface area contributed by atoms with Gasteiger partial charge in [-0.2, -0.15) is 10.1 Å². The molecule has 0 saturated carbocycles. The third kappa shape index (κ3) is 5.75. The minimum atomic E-state index is -1.03. The van der Waals surface area contributed by atoms with Crippen molar-refractivity contribution in [3.05, 3.63) is 83.8 Å². The summed E-state index contributed by atoms with van der Waals surface area (Å²) in [7, 11) is 0. The van der Waals surface area contributed by atoms with Gasteiger partial charge in [0.05, 0.1) is 28.7 Å². The maximum absolute atomic E-state index is 13.6. The molecule has 258 valence electrons. The minimum absolute atomic E-state index is 0.0540. The van der Waals surface area contributed by atoms with Gasteiger partial charge in [0.1, 0.15) is 11.7 Å². The number of amides is 5. The Labute approximate surface area is 291 Å². The number of piperazine rings is 1. The van der Waals surface area contributed by atoms with Gasteiger partial charge in [0.15, 0.2) is 0 Å². The Kier molecular flexibility index (Phi) is 8.01. The van der Waals surface area contributed by atoms with Crippen molar-refractivity contribution in [3.8, 4) is 11.3 Å². The number of rotatable bonds is 8. The smallest absolute Gasteiger partial charge is 0.264 e. The number of fused-ring (bicyclic) bond motifs is 2. The lowest BCUT2D eigenvalue weighted by Gasteiger charge is -2.37. The molecule has 5 amide bonds. The summed E-state index contributed by atoms with van der Waals surface area (Å²) in [5.74, 6) is -1.88. The van der Waals surface area contributed by atoms with E-state index in [2.05, 4.69) is 32.6 Å². The van der Waals surface area contributed by atoms with Crippen molar-refractivity contribution in [3.63, 3.8) is 0 Å². The summed E-state index contributed by atoms with van der Waals surface area (Å²) in [6.45, 7) is 4.62. The molecular weight excluding hydrogens is 652 g/mol. The number of nitrogens with zero attached hydrogens (tertiary/aromatic N) is 7. The Bertz CT molecular complexity index is 2220. The molecule has 15 heteroatoms. The topological polar surface area (TPSA) is 179 Å². The van der Waals surface area contributed by atoms with Gasteiger partial charge >= 0.3 is 0 Å². The summed E-state index contributed by atoms with van der Waals surface area (Å²) in [6.07, 6.45) is 6.73. The molecule has 0 spiro atoms. The molecule has 3 aliphatic heterocycles. The molecule has 3 aliphatic rings. The highest BCUT2D eigenvalue weighted by Gasteiger charge is 2.46. The number of carbonyl (C=O) groups is 5. The molecule has 2 aromatic carbocycles. The van der Waals surface area contributed by atoms with Crippen molar-refractivity contribution in [2.45, 2.75) is 38.8 Å². The second-order valence-electron chi connectivity index (χ2n) is 12.8. The van der Waals surface area contributed by atoms with E-state index in [0.29, 0.717) is 49.0 Å². The molecule has 1 atom stereocenters. The van der Waals surface area contributed by atoms with Crippen LogP contribution in [0.4, 0.5) is 17.3 Å². The van der Waals surface area contributed by atoms with E-state index >= 15 is 0 Å². The molecule has 0 radical (unpaired) electrons. The zero-order valence-corrected chi connectivity index (χ0v) is 27.8. The number of aryl methyl sites for hydroxylation is 1. The molecule has 1 unspecified atom stereocenters. The molecule has 51 heavy (non-hydrogen) atoms. The van der Waals surface area contributed by atoms with Crippen LogP contribution in [-0.2, 0) is 16.1 Å². The molecule has 0 aliphatic carbocycles. The lowest BCUT2D eigenvalue weighted by Crippen LogP contribution is -2.54. The van der Waals surface area contributed by atoms with E-state index < -0.39 is 29.7 Å². The average Bonchev–Trinajstić information content (AvgIpc) is 3.87. The van der Waals surface area contributed by atoms with E-state index in [1.54, 1.807) is 41.4 Å². The van der Waals surface area contributed by atoms with Gasteiger partial charge in [-0.1, -0.05) is 13.0 Å². The first-order valence-corrected chi connectivity index (χ1v) is 16.9. The monoisotopic (exact) mass is 686 g/mol. The number of aromatic nitrogens is 5. The second kappa shape index (κ2) is 12.8. The van der Waals surface area contributed by atoms with Crippen molar-refractivity contribution < 1.29 is 24.0 Å². The third-order valence-corrected chi connectivity index (χ3v) is 9.52. The predicted octanol–water partition coefficient (Wildman–Crippen LogP) is 3.34. The Morgan fingerprint density at radius 1 is 0.961 bits per heavy atom. The van der Waals surface area contributed by atoms with Crippen LogP contribution in [-0.4, -0.2) is 96.3 Å². The largest absolute Gasteiger partial charge is 0.367 e. The lowest BCUT2D eigenvalue weighted by atomic mass is 10.0. The van der Waals surface area contributed by atoms with Gasteiger partial charge in [-0.25, -0.2) is 4.98 Å². The van der Waals surface area contributed by atoms with E-state index in [9.17, 15) is 24.0 Å². The Hall–Kier alpha value is -6.38. The molecule has 6 heterocycles. The van der Waals surface area contributed by atoms with Crippen LogP contribution in [0.1, 0.15) is 57.3 Å². The first-order chi connectivity index (χ1) is 24.8. The molecule has 3 aromatic heterocycles. The summed E-state index contributed by atoms with van der Waals surface area (Å²) in [4.78, 5) is 81.8. The van der Waals surface area contributed by atoms with Crippen LogP contribution in [0, 0.1) is 0 Å². The van der Waals surface area contributed by atoms with Crippen molar-refractivity contribution in [2.75, 3.05) is 36.4 Å². The van der Waals surface area contributed by atoms with E-state index in [0.717, 1.165) is 40.2 Å². The summed E-state index contributed by atoms with van der Waals surface area (Å²) < 4.78 is 1.90. The van der Waals surface area contributed by atoms with Crippen LogP contribution in [0.25, 0.3) is 22.3 Å². The summed E-state index contributed by atoms with van der Waals surface area (Å²) >= 11 is 0. The highest BCUT2D eigenvalue weighted by Crippen LogP contribution is 2.35. The fourth-order valence-corrected chi connectivity index (χ4v) is 6.97. The Balaban J connectivity index is 0.930. The number of hydrogen-bond donors (Lipinski definition) is 3. The average molecular weight is 687 g/mol. The molecule has 8 rings (SSSR count). The van der Waals surface area contributed by atoms with Gasteiger partial charge in [-0.15, -0.1) is 0 Å². The van der Waals surface area contributed by atoms with Crippen LogP contribution < -0.4 is 15.5 Å². The van der Waals surface area contributed by atoms with Crippen LogP contribution in [0.2, 0.25) is 0 Å². The highest BCUT2D eigenvalue weighted by molar-refractivity contribution is 6.25. The van der Waals surface area contributed by atoms with Crippen molar-refractivity contribution in [1.82, 2.24) is 39.8 Å². The van der Waals surface area contributed by atoms with Crippen molar-refractivity contribution >= 4 is 57.9 Å². The standard InChI is InChI=1S/C36H34N10O5/c1-2-14-45-20-22(19-38-45)30-25-12-13-37-31(25)42-36(41-30)39-23-8-6-21(7-9-23)33(49)44-17-15-43(16-18-44)26-5-3-4-24-29(26)35(51)46(34(24)50)27-10-11-28(47)40-32(27)48/h3-9,12-13,19-20,27H,2,10-11,14-18H2,1H3,(H,40,47,48)(H2,37,39,41,42). The minimum Gasteiger partial charge on any atom is -0.367 e. The predicted molar refractivity (Wildman–Crippen MR) is 186 cm³/mol. The zero-order valence-electron chi connectivity index (χ0n) is 27.8. The van der Waals surface area contributed by atoms with Gasteiger partial charge in [0.25, 0.3) is 17.7 Å². The zero-order chi connectivity index (χ0) is 35.2. The second-order valence-corrected chi connectivity index (χ2v) is 12.8. The van der Waals surface area contributed by atoms with E-state index in [1.807, 2.05) is 40.2 Å².